The van der Waals surface area contributed by atoms with Crippen LogP contribution in [0.4, 0.5) is 11.4 Å². The number of anilines is 2. The summed E-state index contributed by atoms with van der Waals surface area (Å²) >= 11 is 0. The summed E-state index contributed by atoms with van der Waals surface area (Å²) in [6.07, 6.45) is 1.30. The van der Waals surface area contributed by atoms with Crippen molar-refractivity contribution in [1.82, 2.24) is 4.90 Å². The molecule has 1 saturated heterocycles. The van der Waals surface area contributed by atoms with Crippen molar-refractivity contribution in [2.75, 3.05) is 30.3 Å². The maximum absolute atomic E-state index is 12.5. The van der Waals surface area contributed by atoms with Gasteiger partial charge in [-0.05, 0) is 37.5 Å². The molecule has 0 radical (unpaired) electrons. The number of nitrogens with zero attached hydrogens (tertiary/aromatic N) is 1. The van der Waals surface area contributed by atoms with Crippen LogP contribution < -0.4 is 15.4 Å². The molecule has 1 aromatic carbocycles. The Hall–Kier alpha value is -2.57. The van der Waals surface area contributed by atoms with Crippen molar-refractivity contribution < 1.29 is 19.1 Å². The van der Waals surface area contributed by atoms with E-state index in [2.05, 4.69) is 10.6 Å². The lowest BCUT2D eigenvalue weighted by atomic mass is 9.95. The number of rotatable bonds is 2. The Morgan fingerprint density at radius 3 is 2.67 bits per heavy atom. The zero-order valence-electron chi connectivity index (χ0n) is 13.8. The fraction of sp³-hybridized carbons (Fsp3) is 0.471. The summed E-state index contributed by atoms with van der Waals surface area (Å²) in [4.78, 5) is 37.1. The van der Waals surface area contributed by atoms with Crippen molar-refractivity contribution in [1.29, 1.82) is 0 Å². The SMILES string of the molecule is CC(=O)N1CCC(C(=O)Nc2cc(C)cc3c2OCC(=O)N3)CC1. The van der Waals surface area contributed by atoms with Gasteiger partial charge in [0.15, 0.2) is 12.4 Å². The maximum atomic E-state index is 12.5. The Morgan fingerprint density at radius 1 is 1.29 bits per heavy atom. The van der Waals surface area contributed by atoms with Crippen molar-refractivity contribution in [2.24, 2.45) is 5.92 Å². The van der Waals surface area contributed by atoms with Gasteiger partial charge in [0.05, 0.1) is 11.4 Å². The summed E-state index contributed by atoms with van der Waals surface area (Å²) < 4.78 is 5.48. The van der Waals surface area contributed by atoms with Crippen LogP contribution in [0.5, 0.6) is 5.75 Å². The number of likely N-dealkylation sites (tertiary alicyclic amines) is 1. The Morgan fingerprint density at radius 2 is 2.00 bits per heavy atom. The third-order valence-corrected chi connectivity index (χ3v) is 4.42. The minimum Gasteiger partial charge on any atom is -0.479 e. The molecule has 0 aliphatic carbocycles. The van der Waals surface area contributed by atoms with Gasteiger partial charge in [-0.25, -0.2) is 0 Å². The molecule has 1 fully saturated rings. The molecule has 3 amide bonds. The molecule has 0 bridgehead atoms. The maximum Gasteiger partial charge on any atom is 0.262 e. The molecule has 0 saturated carbocycles. The van der Waals surface area contributed by atoms with Gasteiger partial charge in [-0.3, -0.25) is 14.4 Å². The number of benzene rings is 1. The molecular formula is C17H21N3O4. The summed E-state index contributed by atoms with van der Waals surface area (Å²) in [5.74, 6) is 0.129. The summed E-state index contributed by atoms with van der Waals surface area (Å²) in [5, 5.41) is 5.67. The Balaban J connectivity index is 1.71. The molecule has 2 aliphatic rings. The van der Waals surface area contributed by atoms with Gasteiger partial charge in [0, 0.05) is 25.9 Å². The van der Waals surface area contributed by atoms with Crippen molar-refractivity contribution in [3.05, 3.63) is 17.7 Å². The molecule has 3 rings (SSSR count). The van der Waals surface area contributed by atoms with Crippen molar-refractivity contribution in [3.8, 4) is 5.75 Å². The zero-order valence-corrected chi connectivity index (χ0v) is 13.8. The molecule has 1 aromatic rings. The van der Waals surface area contributed by atoms with Crippen LogP contribution in [-0.4, -0.2) is 42.3 Å². The van der Waals surface area contributed by atoms with E-state index in [1.165, 1.54) is 0 Å². The molecule has 24 heavy (non-hydrogen) atoms. The van der Waals surface area contributed by atoms with Gasteiger partial charge in [0.1, 0.15) is 0 Å². The number of carbonyl (C=O) groups excluding carboxylic acids is 3. The lowest BCUT2D eigenvalue weighted by Gasteiger charge is -2.31. The van der Waals surface area contributed by atoms with Gasteiger partial charge in [-0.1, -0.05) is 0 Å². The summed E-state index contributed by atoms with van der Waals surface area (Å²) in [7, 11) is 0. The average Bonchev–Trinajstić information content (AvgIpc) is 2.54. The van der Waals surface area contributed by atoms with Gasteiger partial charge in [-0.2, -0.15) is 0 Å². The highest BCUT2D eigenvalue weighted by Crippen LogP contribution is 2.37. The third-order valence-electron chi connectivity index (χ3n) is 4.42. The second-order valence-electron chi connectivity index (χ2n) is 6.30. The molecule has 0 atom stereocenters. The fourth-order valence-corrected chi connectivity index (χ4v) is 3.13. The van der Waals surface area contributed by atoms with E-state index in [1.54, 1.807) is 11.8 Å². The average molecular weight is 331 g/mol. The summed E-state index contributed by atoms with van der Waals surface area (Å²) in [5.41, 5.74) is 2.07. The van der Waals surface area contributed by atoms with E-state index in [9.17, 15) is 14.4 Å². The number of ether oxygens (including phenoxy) is 1. The topological polar surface area (TPSA) is 87.7 Å². The number of amides is 3. The second-order valence-corrected chi connectivity index (χ2v) is 6.30. The van der Waals surface area contributed by atoms with E-state index in [-0.39, 0.29) is 30.2 Å². The summed E-state index contributed by atoms with van der Waals surface area (Å²) in [6.45, 7) is 4.58. The van der Waals surface area contributed by atoms with Gasteiger partial charge in [-0.15, -0.1) is 0 Å². The van der Waals surface area contributed by atoms with Crippen LogP contribution in [-0.2, 0) is 14.4 Å². The van der Waals surface area contributed by atoms with Crippen LogP contribution in [0.1, 0.15) is 25.3 Å². The first-order chi connectivity index (χ1) is 11.4. The van der Waals surface area contributed by atoms with Crippen LogP contribution >= 0.6 is 0 Å². The number of piperidine rings is 1. The number of carbonyl (C=O) groups is 3. The minimum absolute atomic E-state index is 0.0470. The highest BCUT2D eigenvalue weighted by Gasteiger charge is 2.28. The predicted molar refractivity (Wildman–Crippen MR) is 88.9 cm³/mol. The molecule has 0 unspecified atom stereocenters. The van der Waals surface area contributed by atoms with E-state index < -0.39 is 0 Å². The smallest absolute Gasteiger partial charge is 0.262 e. The number of fused-ring (bicyclic) bond motifs is 1. The van der Waals surface area contributed by atoms with Crippen LogP contribution in [0.25, 0.3) is 0 Å². The van der Waals surface area contributed by atoms with Crippen LogP contribution in [0.15, 0.2) is 12.1 Å². The largest absolute Gasteiger partial charge is 0.479 e. The molecule has 2 aliphatic heterocycles. The van der Waals surface area contributed by atoms with E-state index in [1.807, 2.05) is 19.1 Å². The standard InChI is InChI=1S/C17H21N3O4/c1-10-7-13-16(24-9-15(22)18-13)14(8-10)19-17(23)12-3-5-20(6-4-12)11(2)21/h7-8,12H,3-6,9H2,1-2H3,(H,18,22)(H,19,23). The fourth-order valence-electron chi connectivity index (χ4n) is 3.13. The van der Waals surface area contributed by atoms with Crippen LogP contribution in [0.2, 0.25) is 0 Å². The Kier molecular flexibility index (Phi) is 4.42. The monoisotopic (exact) mass is 331 g/mol. The number of nitrogens with one attached hydrogen (secondary N) is 2. The van der Waals surface area contributed by atoms with Gasteiger partial charge in [0.25, 0.3) is 5.91 Å². The van der Waals surface area contributed by atoms with E-state index in [4.69, 9.17) is 4.74 Å². The first-order valence-electron chi connectivity index (χ1n) is 8.07. The van der Waals surface area contributed by atoms with Crippen molar-refractivity contribution in [2.45, 2.75) is 26.7 Å². The molecular weight excluding hydrogens is 310 g/mol. The first kappa shape index (κ1) is 16.3. The van der Waals surface area contributed by atoms with Crippen molar-refractivity contribution >= 4 is 29.1 Å². The van der Waals surface area contributed by atoms with E-state index >= 15 is 0 Å². The molecule has 0 spiro atoms. The quantitative estimate of drug-likeness (QED) is 0.860. The van der Waals surface area contributed by atoms with Gasteiger partial charge < -0.3 is 20.3 Å². The number of aryl methyl sites for hydroxylation is 1. The minimum atomic E-state index is -0.206. The predicted octanol–water partition coefficient (Wildman–Crippen LogP) is 1.52. The molecule has 2 N–H and O–H groups in total. The van der Waals surface area contributed by atoms with Crippen molar-refractivity contribution in [3.63, 3.8) is 0 Å². The highest BCUT2D eigenvalue weighted by atomic mass is 16.5. The molecule has 2 heterocycles. The molecule has 7 nitrogen and oxygen atoms in total. The molecule has 0 aromatic heterocycles. The Labute approximate surface area is 140 Å². The lowest BCUT2D eigenvalue weighted by molar-refractivity contribution is -0.132. The van der Waals surface area contributed by atoms with Crippen LogP contribution in [0.3, 0.4) is 0 Å². The number of hydrogen-bond donors (Lipinski definition) is 2. The first-order valence-corrected chi connectivity index (χ1v) is 8.07. The lowest BCUT2D eigenvalue weighted by Crippen LogP contribution is -2.40. The normalized spacial score (nSPS) is 17.6. The Bertz CT molecular complexity index is 693. The van der Waals surface area contributed by atoms with E-state index in [0.717, 1.165) is 5.56 Å². The highest BCUT2D eigenvalue weighted by molar-refractivity contribution is 6.00. The second kappa shape index (κ2) is 6.51. The summed E-state index contributed by atoms with van der Waals surface area (Å²) in [6, 6.07) is 3.65. The van der Waals surface area contributed by atoms with E-state index in [0.29, 0.717) is 43.1 Å². The number of hydrogen-bond acceptors (Lipinski definition) is 4. The molecule has 7 heteroatoms. The van der Waals surface area contributed by atoms with Gasteiger partial charge in [0.2, 0.25) is 11.8 Å². The molecule has 128 valence electrons. The third kappa shape index (κ3) is 3.34. The van der Waals surface area contributed by atoms with Crippen LogP contribution in [0, 0.1) is 12.8 Å². The van der Waals surface area contributed by atoms with Gasteiger partial charge >= 0.3 is 0 Å². The zero-order chi connectivity index (χ0) is 17.3.